The number of rotatable bonds is 4. The average molecular weight is 504 g/mol. The van der Waals surface area contributed by atoms with E-state index >= 15 is 0 Å². The van der Waals surface area contributed by atoms with Crippen LogP contribution in [0.25, 0.3) is 6.08 Å². The molecule has 190 valence electrons. The van der Waals surface area contributed by atoms with Crippen molar-refractivity contribution in [2.75, 3.05) is 18.2 Å². The molecule has 0 N–H and O–H groups in total. The largest absolute Gasteiger partial charge is 0.482 e. The highest BCUT2D eigenvalue weighted by Gasteiger charge is 2.37. The Morgan fingerprint density at radius 1 is 0.842 bits per heavy atom. The Labute approximate surface area is 222 Å². The minimum atomic E-state index is -0.301. The molecule has 1 aromatic heterocycles. The van der Waals surface area contributed by atoms with Crippen LogP contribution in [0.1, 0.15) is 51.6 Å². The van der Waals surface area contributed by atoms with E-state index in [2.05, 4.69) is 53.6 Å². The third-order valence-corrected chi connectivity index (χ3v) is 7.14. The molecule has 6 heteroatoms. The average Bonchev–Trinajstić information content (AvgIpc) is 2.99. The summed E-state index contributed by atoms with van der Waals surface area (Å²) < 4.78 is 7.93. The van der Waals surface area contributed by atoms with Crippen LogP contribution in [-0.4, -0.2) is 28.7 Å². The normalized spacial score (nSPS) is 17.7. The van der Waals surface area contributed by atoms with Crippen LogP contribution in [0, 0.1) is 0 Å². The summed E-state index contributed by atoms with van der Waals surface area (Å²) in [7, 11) is 0. The Bertz CT molecular complexity index is 1530. The topological polar surface area (TPSA) is 54.8 Å². The molecule has 1 atom stereocenters. The molecule has 0 saturated carbocycles. The molecule has 2 aliphatic rings. The number of benzene rings is 3. The van der Waals surface area contributed by atoms with Crippen molar-refractivity contribution in [3.8, 4) is 5.75 Å². The summed E-state index contributed by atoms with van der Waals surface area (Å²) in [6.07, 6.45) is 7.75. The summed E-state index contributed by atoms with van der Waals surface area (Å²) in [6, 6.07) is 29.6. The van der Waals surface area contributed by atoms with Gasteiger partial charge >= 0.3 is 0 Å². The molecule has 6 nitrogen and oxygen atoms in total. The third-order valence-electron chi connectivity index (χ3n) is 7.14. The van der Waals surface area contributed by atoms with E-state index in [0.29, 0.717) is 13.2 Å². The van der Waals surface area contributed by atoms with Crippen molar-refractivity contribution in [1.82, 2.24) is 9.58 Å². The first kappa shape index (κ1) is 23.8. The zero-order valence-corrected chi connectivity index (χ0v) is 21.1. The number of pyridine rings is 1. The van der Waals surface area contributed by atoms with E-state index in [4.69, 9.17) is 4.74 Å². The van der Waals surface area contributed by atoms with Crippen molar-refractivity contribution in [3.63, 3.8) is 0 Å². The number of hydrogen-bond acceptors (Lipinski definition) is 4. The van der Waals surface area contributed by atoms with Crippen molar-refractivity contribution in [2.24, 2.45) is 0 Å². The Kier molecular flexibility index (Phi) is 6.53. The fraction of sp³-hybridized carbons (Fsp3) is 0.188. The van der Waals surface area contributed by atoms with Gasteiger partial charge in [0.2, 0.25) is 5.43 Å². The molecule has 2 bridgehead atoms. The highest BCUT2D eigenvalue weighted by molar-refractivity contribution is 5.96. The number of amides is 1. The zero-order chi connectivity index (χ0) is 25.9. The van der Waals surface area contributed by atoms with Gasteiger partial charge in [0.15, 0.2) is 11.4 Å². The minimum absolute atomic E-state index is 0.0872. The molecule has 6 rings (SSSR count). The molecule has 0 saturated heterocycles. The van der Waals surface area contributed by atoms with Gasteiger partial charge in [-0.1, -0.05) is 97.1 Å². The molecule has 2 aliphatic heterocycles. The second-order valence-electron chi connectivity index (χ2n) is 9.61. The summed E-state index contributed by atoms with van der Waals surface area (Å²) in [4.78, 5) is 28.8. The zero-order valence-electron chi connectivity index (χ0n) is 21.1. The van der Waals surface area contributed by atoms with Crippen LogP contribution in [-0.2, 0) is 6.61 Å². The van der Waals surface area contributed by atoms with Gasteiger partial charge in [-0.2, -0.15) is 0 Å². The Morgan fingerprint density at radius 3 is 2.39 bits per heavy atom. The molecule has 4 aromatic rings. The van der Waals surface area contributed by atoms with Crippen LogP contribution >= 0.6 is 0 Å². The number of ether oxygens (including phenoxy) is 1. The SMILES string of the molecule is O=C1c2c(OCc3ccccc3)c(=O)ccn2N2CN1CCC/C=C\c1ccccc1[C@H]2c1ccccc1. The number of aromatic nitrogens is 1. The first-order valence-corrected chi connectivity index (χ1v) is 13.0. The molecule has 38 heavy (non-hydrogen) atoms. The quantitative estimate of drug-likeness (QED) is 0.376. The van der Waals surface area contributed by atoms with Crippen molar-refractivity contribution in [3.05, 3.63) is 141 Å². The predicted molar refractivity (Wildman–Crippen MR) is 149 cm³/mol. The highest BCUT2D eigenvalue weighted by atomic mass is 16.5. The van der Waals surface area contributed by atoms with Crippen molar-refractivity contribution >= 4 is 12.0 Å². The smallest absolute Gasteiger partial charge is 0.277 e. The Morgan fingerprint density at radius 2 is 1.58 bits per heavy atom. The third kappa shape index (κ3) is 4.50. The fourth-order valence-corrected chi connectivity index (χ4v) is 5.29. The Hall–Kier alpha value is -4.58. The molecule has 0 radical (unpaired) electrons. The van der Waals surface area contributed by atoms with Crippen LogP contribution in [0.2, 0.25) is 0 Å². The lowest BCUT2D eigenvalue weighted by Gasteiger charge is -2.44. The van der Waals surface area contributed by atoms with Crippen molar-refractivity contribution < 1.29 is 9.53 Å². The first-order chi connectivity index (χ1) is 18.7. The first-order valence-electron chi connectivity index (χ1n) is 13.0. The maximum absolute atomic E-state index is 13.9. The lowest BCUT2D eigenvalue weighted by atomic mass is 9.93. The number of allylic oxidation sites excluding steroid dienone is 1. The van der Waals surface area contributed by atoms with E-state index in [9.17, 15) is 9.59 Å². The molecule has 0 unspecified atom stereocenters. The van der Waals surface area contributed by atoms with Gasteiger partial charge < -0.3 is 9.64 Å². The van der Waals surface area contributed by atoms with Gasteiger partial charge in [0.1, 0.15) is 13.3 Å². The van der Waals surface area contributed by atoms with Crippen LogP contribution in [0.5, 0.6) is 5.75 Å². The highest BCUT2D eigenvalue weighted by Crippen LogP contribution is 2.35. The molecule has 0 fully saturated rings. The minimum Gasteiger partial charge on any atom is -0.482 e. The van der Waals surface area contributed by atoms with E-state index < -0.39 is 0 Å². The van der Waals surface area contributed by atoms with Crippen LogP contribution in [0.4, 0.5) is 0 Å². The predicted octanol–water partition coefficient (Wildman–Crippen LogP) is 5.38. The van der Waals surface area contributed by atoms with Gasteiger partial charge in [-0.05, 0) is 35.1 Å². The molecule has 1 amide bonds. The molecule has 0 aliphatic carbocycles. The van der Waals surface area contributed by atoms with E-state index in [1.807, 2.05) is 58.1 Å². The maximum atomic E-state index is 13.9. The molecule has 0 spiro atoms. The van der Waals surface area contributed by atoms with Gasteiger partial charge in [-0.15, -0.1) is 0 Å². The Balaban J connectivity index is 1.54. The van der Waals surface area contributed by atoms with E-state index in [0.717, 1.165) is 35.1 Å². The summed E-state index contributed by atoms with van der Waals surface area (Å²) in [5, 5.41) is 2.17. The van der Waals surface area contributed by atoms with Crippen LogP contribution in [0.3, 0.4) is 0 Å². The van der Waals surface area contributed by atoms with Gasteiger partial charge in [0.25, 0.3) is 5.91 Å². The molecule has 3 aromatic carbocycles. The number of carbonyl (C=O) groups is 1. The lowest BCUT2D eigenvalue weighted by Crippen LogP contribution is -2.55. The summed E-state index contributed by atoms with van der Waals surface area (Å²) in [6.45, 7) is 1.18. The number of carbonyl (C=O) groups excluding carboxylic acids is 1. The summed E-state index contributed by atoms with van der Waals surface area (Å²) >= 11 is 0. The number of fused-ring (bicyclic) bond motifs is 5. The van der Waals surface area contributed by atoms with Gasteiger partial charge in [-0.25, -0.2) is 0 Å². The van der Waals surface area contributed by atoms with Crippen molar-refractivity contribution in [2.45, 2.75) is 25.5 Å². The molecular weight excluding hydrogens is 474 g/mol. The monoisotopic (exact) mass is 503 g/mol. The fourth-order valence-electron chi connectivity index (χ4n) is 5.29. The van der Waals surface area contributed by atoms with Gasteiger partial charge in [-0.3, -0.25) is 19.3 Å². The van der Waals surface area contributed by atoms with Crippen LogP contribution < -0.4 is 15.2 Å². The standard InChI is InChI=1S/C32H29N3O3/c36-28-19-21-34-30(31(28)38-22-24-12-4-1-5-13-24)32(37)33-20-11-3-8-14-25-15-9-10-18-27(25)29(35(34)23-33)26-16-6-2-7-17-26/h1-2,4-10,12-19,21,29H,3,11,20,22-23H2/b14-8-/t29-/m1/s1. The van der Waals surface area contributed by atoms with Gasteiger partial charge in [0.05, 0.1) is 6.04 Å². The number of hydrogen-bond donors (Lipinski definition) is 0. The van der Waals surface area contributed by atoms with E-state index in [-0.39, 0.29) is 35.4 Å². The van der Waals surface area contributed by atoms with E-state index in [1.54, 1.807) is 6.20 Å². The second-order valence-corrected chi connectivity index (χ2v) is 9.61. The molecular formula is C32H29N3O3. The molecule has 3 heterocycles. The van der Waals surface area contributed by atoms with Crippen molar-refractivity contribution in [1.29, 1.82) is 0 Å². The van der Waals surface area contributed by atoms with E-state index in [1.165, 1.54) is 6.07 Å². The number of nitrogens with zero attached hydrogens (tertiary/aromatic N) is 3. The lowest BCUT2D eigenvalue weighted by molar-refractivity contribution is 0.0675. The summed E-state index contributed by atoms with van der Waals surface area (Å²) in [5.74, 6) is -0.102. The maximum Gasteiger partial charge on any atom is 0.277 e. The van der Waals surface area contributed by atoms with Crippen LogP contribution in [0.15, 0.2) is 108 Å². The van der Waals surface area contributed by atoms with Gasteiger partial charge in [0, 0.05) is 18.8 Å². The summed E-state index contributed by atoms with van der Waals surface area (Å²) in [5.41, 5.74) is 4.26. The second kappa shape index (κ2) is 10.4.